The summed E-state index contributed by atoms with van der Waals surface area (Å²) in [5, 5.41) is 8.88. The summed E-state index contributed by atoms with van der Waals surface area (Å²) in [4.78, 5) is 17.3. The van der Waals surface area contributed by atoms with Crippen LogP contribution in [0.3, 0.4) is 0 Å². The molecule has 1 aliphatic rings. The van der Waals surface area contributed by atoms with Crippen molar-refractivity contribution < 1.29 is 14.6 Å². The zero-order chi connectivity index (χ0) is 14.7. The molecular weight excluding hydrogens is 268 g/mol. The van der Waals surface area contributed by atoms with Gasteiger partial charge in [0, 0.05) is 31.4 Å². The van der Waals surface area contributed by atoms with Gasteiger partial charge in [-0.3, -0.25) is 9.88 Å². The van der Waals surface area contributed by atoms with E-state index in [0.29, 0.717) is 13.2 Å². The summed E-state index contributed by atoms with van der Waals surface area (Å²) < 4.78 is 5.73. The van der Waals surface area contributed by atoms with Gasteiger partial charge in [-0.05, 0) is 18.2 Å². The number of carbonyl (C=O) groups is 1. The molecule has 108 valence electrons. The summed E-state index contributed by atoms with van der Waals surface area (Å²) in [5.74, 6) is -0.0136. The fourth-order valence-corrected chi connectivity index (χ4v) is 2.39. The predicted molar refractivity (Wildman–Crippen MR) is 77.2 cm³/mol. The minimum Gasteiger partial charge on any atom is -0.492 e. The number of hydrogen-bond acceptors (Lipinski definition) is 4. The van der Waals surface area contributed by atoms with Gasteiger partial charge in [0.2, 0.25) is 0 Å². The Morgan fingerprint density at radius 1 is 1.29 bits per heavy atom. The molecule has 0 aliphatic carbocycles. The number of pyridine rings is 1. The van der Waals surface area contributed by atoms with E-state index in [1.54, 1.807) is 12.1 Å². The van der Waals surface area contributed by atoms with E-state index in [4.69, 9.17) is 9.84 Å². The number of rotatable bonds is 3. The van der Waals surface area contributed by atoms with Crippen LogP contribution in [0.2, 0.25) is 0 Å². The Labute approximate surface area is 122 Å². The Morgan fingerprint density at radius 3 is 2.90 bits per heavy atom. The zero-order valence-corrected chi connectivity index (χ0v) is 11.5. The molecule has 2 aromatic rings. The smallest absolute Gasteiger partial charge is 0.337 e. The molecule has 1 aromatic carbocycles. The lowest BCUT2D eigenvalue weighted by Gasteiger charge is -2.18. The van der Waals surface area contributed by atoms with E-state index < -0.39 is 5.97 Å². The van der Waals surface area contributed by atoms with Crippen LogP contribution in [-0.2, 0) is 13.1 Å². The van der Waals surface area contributed by atoms with Crippen molar-refractivity contribution in [3.8, 4) is 5.75 Å². The summed E-state index contributed by atoms with van der Waals surface area (Å²) in [7, 11) is 0. The third-order valence-corrected chi connectivity index (χ3v) is 3.49. The fourth-order valence-electron chi connectivity index (χ4n) is 2.39. The lowest BCUT2D eigenvalue weighted by atomic mass is 10.2. The standard InChI is InChI=1S/C16H16N2O3/c19-16(20)12-5-6-14(17-9-12)11-18-7-8-21-15-4-2-1-3-13(15)10-18/h1-6,9H,7-8,10-11H2,(H,19,20). The van der Waals surface area contributed by atoms with Gasteiger partial charge < -0.3 is 9.84 Å². The number of carboxylic acids is 1. The summed E-state index contributed by atoms with van der Waals surface area (Å²) in [6, 6.07) is 11.4. The number of hydrogen-bond donors (Lipinski definition) is 1. The maximum absolute atomic E-state index is 10.8. The van der Waals surface area contributed by atoms with Gasteiger partial charge in [0.15, 0.2) is 0 Å². The molecule has 1 N–H and O–H groups in total. The molecule has 0 saturated heterocycles. The van der Waals surface area contributed by atoms with Crippen molar-refractivity contribution in [1.82, 2.24) is 9.88 Å². The first-order chi connectivity index (χ1) is 10.2. The third kappa shape index (κ3) is 3.20. The van der Waals surface area contributed by atoms with E-state index >= 15 is 0 Å². The number of carboxylic acid groups (broad SMARTS) is 1. The van der Waals surface area contributed by atoms with E-state index in [0.717, 1.165) is 30.1 Å². The monoisotopic (exact) mass is 284 g/mol. The van der Waals surface area contributed by atoms with Crippen LogP contribution in [0.5, 0.6) is 5.75 Å². The number of nitrogens with zero attached hydrogens (tertiary/aromatic N) is 2. The van der Waals surface area contributed by atoms with Crippen LogP contribution >= 0.6 is 0 Å². The van der Waals surface area contributed by atoms with Crippen molar-refractivity contribution in [1.29, 1.82) is 0 Å². The van der Waals surface area contributed by atoms with Crippen molar-refractivity contribution in [3.05, 3.63) is 59.4 Å². The molecule has 0 saturated carbocycles. The minimum absolute atomic E-state index is 0.211. The molecule has 0 fully saturated rings. The Bertz CT molecular complexity index is 640. The summed E-state index contributed by atoms with van der Waals surface area (Å²) in [6.07, 6.45) is 1.40. The molecule has 5 heteroatoms. The molecular formula is C16H16N2O3. The molecule has 0 unspecified atom stereocenters. The maximum Gasteiger partial charge on any atom is 0.337 e. The molecule has 1 aliphatic heterocycles. The van der Waals surface area contributed by atoms with E-state index in [1.807, 2.05) is 18.2 Å². The van der Waals surface area contributed by atoms with Gasteiger partial charge in [0.25, 0.3) is 0 Å². The zero-order valence-electron chi connectivity index (χ0n) is 11.5. The van der Waals surface area contributed by atoms with Gasteiger partial charge in [0.05, 0.1) is 11.3 Å². The average Bonchev–Trinajstić information content (AvgIpc) is 2.69. The highest BCUT2D eigenvalue weighted by molar-refractivity contribution is 5.87. The Hall–Kier alpha value is -2.40. The molecule has 1 aromatic heterocycles. The van der Waals surface area contributed by atoms with Crippen LogP contribution in [0.15, 0.2) is 42.6 Å². The van der Waals surface area contributed by atoms with Gasteiger partial charge in [0.1, 0.15) is 12.4 Å². The first-order valence-electron chi connectivity index (χ1n) is 6.83. The molecule has 0 bridgehead atoms. The topological polar surface area (TPSA) is 62.7 Å². The maximum atomic E-state index is 10.8. The lowest BCUT2D eigenvalue weighted by Crippen LogP contribution is -2.25. The van der Waals surface area contributed by atoms with E-state index in [9.17, 15) is 4.79 Å². The van der Waals surface area contributed by atoms with Crippen molar-refractivity contribution in [3.63, 3.8) is 0 Å². The van der Waals surface area contributed by atoms with Crippen LogP contribution < -0.4 is 4.74 Å². The fraction of sp³-hybridized carbons (Fsp3) is 0.250. The minimum atomic E-state index is -0.953. The molecule has 0 atom stereocenters. The Morgan fingerprint density at radius 2 is 2.14 bits per heavy atom. The quantitative estimate of drug-likeness (QED) is 0.936. The Balaban J connectivity index is 1.71. The second-order valence-corrected chi connectivity index (χ2v) is 5.01. The summed E-state index contributed by atoms with van der Waals surface area (Å²) in [5.41, 5.74) is 2.24. The van der Waals surface area contributed by atoms with Crippen molar-refractivity contribution in [2.45, 2.75) is 13.1 Å². The van der Waals surface area contributed by atoms with Crippen LogP contribution in [0.4, 0.5) is 0 Å². The summed E-state index contributed by atoms with van der Waals surface area (Å²) in [6.45, 7) is 2.94. The number of ether oxygens (including phenoxy) is 1. The van der Waals surface area contributed by atoms with Gasteiger partial charge >= 0.3 is 5.97 Å². The number of aromatic nitrogens is 1. The molecule has 5 nitrogen and oxygen atoms in total. The third-order valence-electron chi connectivity index (χ3n) is 3.49. The molecule has 0 radical (unpaired) electrons. The van der Waals surface area contributed by atoms with Gasteiger partial charge in [-0.1, -0.05) is 18.2 Å². The number of aromatic carboxylic acids is 1. The van der Waals surface area contributed by atoms with Crippen LogP contribution in [0.1, 0.15) is 21.6 Å². The molecule has 2 heterocycles. The largest absolute Gasteiger partial charge is 0.492 e. The van der Waals surface area contributed by atoms with Crippen molar-refractivity contribution in [2.24, 2.45) is 0 Å². The highest BCUT2D eigenvalue weighted by atomic mass is 16.5. The van der Waals surface area contributed by atoms with Crippen molar-refractivity contribution >= 4 is 5.97 Å². The first-order valence-corrected chi connectivity index (χ1v) is 6.83. The Kier molecular flexibility index (Phi) is 3.83. The van der Waals surface area contributed by atoms with E-state index in [1.165, 1.54) is 6.20 Å². The van der Waals surface area contributed by atoms with Gasteiger partial charge in [-0.15, -0.1) is 0 Å². The van der Waals surface area contributed by atoms with Crippen LogP contribution in [0.25, 0.3) is 0 Å². The van der Waals surface area contributed by atoms with Crippen molar-refractivity contribution in [2.75, 3.05) is 13.2 Å². The second kappa shape index (κ2) is 5.93. The molecule has 21 heavy (non-hydrogen) atoms. The van der Waals surface area contributed by atoms with Crippen LogP contribution in [0, 0.1) is 0 Å². The van der Waals surface area contributed by atoms with Crippen LogP contribution in [-0.4, -0.2) is 34.1 Å². The summed E-state index contributed by atoms with van der Waals surface area (Å²) >= 11 is 0. The SMILES string of the molecule is O=C(O)c1ccc(CN2CCOc3ccccc3C2)nc1. The van der Waals surface area contributed by atoms with E-state index in [2.05, 4.69) is 16.0 Å². The average molecular weight is 284 g/mol. The highest BCUT2D eigenvalue weighted by Crippen LogP contribution is 2.23. The molecule has 3 rings (SSSR count). The number of para-hydroxylation sites is 1. The normalized spacial score (nSPS) is 14.9. The highest BCUT2D eigenvalue weighted by Gasteiger charge is 2.15. The lowest BCUT2D eigenvalue weighted by molar-refractivity contribution is 0.0696. The predicted octanol–water partition coefficient (Wildman–Crippen LogP) is 2.17. The van der Waals surface area contributed by atoms with Gasteiger partial charge in [-0.25, -0.2) is 4.79 Å². The van der Waals surface area contributed by atoms with Gasteiger partial charge in [-0.2, -0.15) is 0 Å². The van der Waals surface area contributed by atoms with E-state index in [-0.39, 0.29) is 5.56 Å². The second-order valence-electron chi connectivity index (χ2n) is 5.01. The molecule has 0 amide bonds. The number of fused-ring (bicyclic) bond motifs is 1. The molecule has 0 spiro atoms. The first kappa shape index (κ1) is 13.6. The number of benzene rings is 1.